The molecule has 0 bridgehead atoms. The number of hydrogen-bond acceptors (Lipinski definition) is 4. The first-order valence-electron chi connectivity index (χ1n) is 5.48. The van der Waals surface area contributed by atoms with E-state index in [2.05, 4.69) is 5.10 Å². The van der Waals surface area contributed by atoms with Crippen LogP contribution in [0.2, 0.25) is 0 Å². The predicted octanol–water partition coefficient (Wildman–Crippen LogP) is 1.85. The highest BCUT2D eigenvalue weighted by Gasteiger charge is 2.25. The number of carbonyl (C=O) groups is 1. The number of aryl methyl sites for hydroxylation is 1. The van der Waals surface area contributed by atoms with Crippen molar-refractivity contribution in [3.63, 3.8) is 0 Å². The van der Waals surface area contributed by atoms with Crippen molar-refractivity contribution in [3.8, 4) is 0 Å². The third kappa shape index (κ3) is 2.76. The molecule has 7 nitrogen and oxygen atoms in total. The van der Waals surface area contributed by atoms with E-state index in [0.29, 0.717) is 0 Å². The van der Waals surface area contributed by atoms with E-state index in [1.165, 1.54) is 10.9 Å². The maximum absolute atomic E-state index is 10.9. The minimum Gasteiger partial charge on any atom is -0.477 e. The van der Waals surface area contributed by atoms with Gasteiger partial charge in [-0.25, -0.2) is 4.79 Å². The molecule has 98 valence electrons. The van der Waals surface area contributed by atoms with Crippen LogP contribution in [0.5, 0.6) is 0 Å². The van der Waals surface area contributed by atoms with Crippen LogP contribution in [-0.2, 0) is 6.54 Å². The number of rotatable bonds is 4. The average molecular weight is 261 g/mol. The normalized spacial score (nSPS) is 10.4. The third-order valence-corrected chi connectivity index (χ3v) is 2.57. The molecule has 1 N–H and O–H groups in total. The summed E-state index contributed by atoms with van der Waals surface area (Å²) in [5.41, 5.74) is 1.55. The lowest BCUT2D eigenvalue weighted by Crippen LogP contribution is -2.01. The summed E-state index contributed by atoms with van der Waals surface area (Å²) in [7, 11) is 0. The molecule has 2 aromatic rings. The van der Waals surface area contributed by atoms with Gasteiger partial charge in [0.25, 0.3) is 0 Å². The van der Waals surface area contributed by atoms with Crippen LogP contribution in [0.25, 0.3) is 0 Å². The summed E-state index contributed by atoms with van der Waals surface area (Å²) < 4.78 is 1.26. The molecule has 19 heavy (non-hydrogen) atoms. The SMILES string of the molecule is Cc1cccc(Cn2cc(C(=O)O)c([N+](=O)[O-])n2)c1. The molecular formula is C12H11N3O4. The molecule has 7 heteroatoms. The van der Waals surface area contributed by atoms with Crippen LogP contribution >= 0.6 is 0 Å². The number of nitrogens with zero attached hydrogens (tertiary/aromatic N) is 3. The summed E-state index contributed by atoms with van der Waals surface area (Å²) in [6.07, 6.45) is 1.17. The van der Waals surface area contributed by atoms with Crippen molar-refractivity contribution in [2.45, 2.75) is 13.5 Å². The molecule has 0 saturated carbocycles. The van der Waals surface area contributed by atoms with Gasteiger partial charge in [-0.2, -0.15) is 4.68 Å². The molecule has 0 atom stereocenters. The first-order valence-corrected chi connectivity index (χ1v) is 5.48. The number of aromatic carboxylic acids is 1. The van der Waals surface area contributed by atoms with Gasteiger partial charge < -0.3 is 15.2 Å². The minimum atomic E-state index is -1.36. The van der Waals surface area contributed by atoms with Gasteiger partial charge in [-0.1, -0.05) is 29.8 Å². The molecule has 2 rings (SSSR count). The van der Waals surface area contributed by atoms with E-state index in [4.69, 9.17) is 5.11 Å². The van der Waals surface area contributed by atoms with E-state index in [0.717, 1.165) is 11.1 Å². The monoisotopic (exact) mass is 261 g/mol. The maximum atomic E-state index is 10.9. The standard InChI is InChI=1S/C12H11N3O4/c1-8-3-2-4-9(5-8)6-14-7-10(12(16)17)11(13-14)15(18)19/h2-5,7H,6H2,1H3,(H,16,17). The second kappa shape index (κ2) is 4.89. The molecule has 1 aromatic carbocycles. The van der Waals surface area contributed by atoms with Crippen LogP contribution in [0.4, 0.5) is 5.82 Å². The average Bonchev–Trinajstić information content (AvgIpc) is 2.73. The van der Waals surface area contributed by atoms with E-state index in [1.807, 2.05) is 31.2 Å². The Morgan fingerprint density at radius 2 is 2.26 bits per heavy atom. The zero-order valence-electron chi connectivity index (χ0n) is 10.1. The zero-order valence-corrected chi connectivity index (χ0v) is 10.1. The first-order chi connectivity index (χ1) is 8.97. The Kier molecular flexibility index (Phi) is 3.28. The molecule has 0 spiro atoms. The fraction of sp³-hybridized carbons (Fsp3) is 0.167. The number of benzene rings is 1. The summed E-state index contributed by atoms with van der Waals surface area (Å²) in [6.45, 7) is 2.22. The van der Waals surface area contributed by atoms with Gasteiger partial charge in [0.05, 0.1) is 17.8 Å². The third-order valence-electron chi connectivity index (χ3n) is 2.57. The Bertz CT molecular complexity index is 617. The lowest BCUT2D eigenvalue weighted by molar-refractivity contribution is -0.390. The molecule has 0 unspecified atom stereocenters. The number of carboxylic acids is 1. The topological polar surface area (TPSA) is 98.3 Å². The molecule has 1 aromatic heterocycles. The van der Waals surface area contributed by atoms with Crippen LogP contribution in [0.3, 0.4) is 0 Å². The van der Waals surface area contributed by atoms with Gasteiger partial charge in [-0.3, -0.25) is 0 Å². The minimum absolute atomic E-state index is 0.287. The van der Waals surface area contributed by atoms with Gasteiger partial charge in [0.2, 0.25) is 0 Å². The molecule has 0 fully saturated rings. The molecular weight excluding hydrogens is 250 g/mol. The highest BCUT2D eigenvalue weighted by molar-refractivity contribution is 5.91. The molecule has 0 amide bonds. The number of carboxylic acid groups (broad SMARTS) is 1. The molecule has 0 radical (unpaired) electrons. The Morgan fingerprint density at radius 1 is 1.53 bits per heavy atom. The fourth-order valence-corrected chi connectivity index (χ4v) is 1.78. The van der Waals surface area contributed by atoms with Gasteiger partial charge in [0.1, 0.15) is 0 Å². The Hall–Kier alpha value is -2.70. The number of nitro groups is 1. The smallest absolute Gasteiger partial charge is 0.404 e. The summed E-state index contributed by atoms with van der Waals surface area (Å²) in [5.74, 6) is -2.00. The van der Waals surface area contributed by atoms with Crippen molar-refractivity contribution in [2.24, 2.45) is 0 Å². The lowest BCUT2D eigenvalue weighted by Gasteiger charge is -1.99. The van der Waals surface area contributed by atoms with Gasteiger partial charge in [-0.05, 0) is 17.4 Å². The van der Waals surface area contributed by atoms with E-state index in [-0.39, 0.29) is 6.54 Å². The van der Waals surface area contributed by atoms with Gasteiger partial charge >= 0.3 is 11.8 Å². The Balaban J connectivity index is 2.34. The van der Waals surface area contributed by atoms with Crippen molar-refractivity contribution in [2.75, 3.05) is 0 Å². The van der Waals surface area contributed by atoms with Crippen molar-refractivity contribution < 1.29 is 14.8 Å². The second-order valence-corrected chi connectivity index (χ2v) is 4.12. The molecule has 0 saturated heterocycles. The van der Waals surface area contributed by atoms with Crippen LogP contribution in [-0.4, -0.2) is 25.8 Å². The Labute approximate surface area is 108 Å². The van der Waals surface area contributed by atoms with Gasteiger partial charge in [0.15, 0.2) is 5.56 Å². The number of hydrogen-bond donors (Lipinski definition) is 1. The summed E-state index contributed by atoms with van der Waals surface area (Å²) in [5, 5.41) is 23.3. The first kappa shape index (κ1) is 12.7. The molecule has 0 aliphatic rings. The van der Waals surface area contributed by atoms with Crippen LogP contribution in [0.15, 0.2) is 30.5 Å². The van der Waals surface area contributed by atoms with Gasteiger partial charge in [-0.15, -0.1) is 0 Å². The predicted molar refractivity (Wildman–Crippen MR) is 66.1 cm³/mol. The molecule has 1 heterocycles. The van der Waals surface area contributed by atoms with Crippen molar-refractivity contribution in [1.29, 1.82) is 0 Å². The largest absolute Gasteiger partial charge is 0.477 e. The maximum Gasteiger partial charge on any atom is 0.404 e. The van der Waals surface area contributed by atoms with Crippen molar-refractivity contribution >= 4 is 11.8 Å². The molecule has 0 aliphatic carbocycles. The summed E-state index contributed by atoms with van der Waals surface area (Å²) >= 11 is 0. The highest BCUT2D eigenvalue weighted by atomic mass is 16.6. The fourth-order valence-electron chi connectivity index (χ4n) is 1.78. The van der Waals surface area contributed by atoms with E-state index in [1.54, 1.807) is 0 Å². The molecule has 0 aliphatic heterocycles. The highest BCUT2D eigenvalue weighted by Crippen LogP contribution is 2.16. The van der Waals surface area contributed by atoms with Crippen molar-refractivity contribution in [3.05, 3.63) is 57.3 Å². The summed E-state index contributed by atoms with van der Waals surface area (Å²) in [4.78, 5) is 20.8. The van der Waals surface area contributed by atoms with E-state index in [9.17, 15) is 14.9 Å². The van der Waals surface area contributed by atoms with Crippen LogP contribution in [0.1, 0.15) is 21.5 Å². The second-order valence-electron chi connectivity index (χ2n) is 4.12. The summed E-state index contributed by atoms with van der Waals surface area (Å²) in [6, 6.07) is 7.55. The van der Waals surface area contributed by atoms with Gasteiger partial charge in [0, 0.05) is 0 Å². The zero-order chi connectivity index (χ0) is 14.0. The van der Waals surface area contributed by atoms with E-state index < -0.39 is 22.3 Å². The van der Waals surface area contributed by atoms with Crippen LogP contribution < -0.4 is 0 Å². The lowest BCUT2D eigenvalue weighted by atomic mass is 10.1. The number of aromatic nitrogens is 2. The Morgan fingerprint density at radius 3 is 2.79 bits per heavy atom. The quantitative estimate of drug-likeness (QED) is 0.668. The van der Waals surface area contributed by atoms with Crippen molar-refractivity contribution in [1.82, 2.24) is 9.78 Å². The van der Waals surface area contributed by atoms with E-state index >= 15 is 0 Å². The van der Waals surface area contributed by atoms with Crippen LogP contribution in [0, 0.1) is 17.0 Å².